The number of carboxylic acid groups (broad SMARTS) is 1. The molecule has 2 amide bonds. The molecule has 0 saturated heterocycles. The average Bonchev–Trinajstić information content (AvgIpc) is 2.43. The van der Waals surface area contributed by atoms with Crippen LogP contribution in [0, 0.1) is 5.82 Å². The van der Waals surface area contributed by atoms with Gasteiger partial charge in [-0.25, -0.2) is 14.0 Å². The highest BCUT2D eigenvalue weighted by Crippen LogP contribution is 2.18. The van der Waals surface area contributed by atoms with Gasteiger partial charge in [-0.15, -0.1) is 0 Å². The number of amides is 2. The minimum atomic E-state index is -1.42. The van der Waals surface area contributed by atoms with Crippen LogP contribution >= 0.6 is 0 Å². The molecule has 1 aromatic carbocycles. The molecule has 0 aliphatic heterocycles. The lowest BCUT2D eigenvalue weighted by atomic mass is 10.1. The van der Waals surface area contributed by atoms with Crippen molar-refractivity contribution in [2.24, 2.45) is 0 Å². The third kappa shape index (κ3) is 5.03. The molecular formula is C14H20FN3O3. The number of carbonyl (C=O) groups is 2. The number of benzene rings is 1. The molecular weight excluding hydrogens is 277 g/mol. The number of nitrogens with one attached hydrogen (secondary N) is 2. The Morgan fingerprint density at radius 2 is 1.95 bits per heavy atom. The van der Waals surface area contributed by atoms with Gasteiger partial charge in [-0.3, -0.25) is 0 Å². The largest absolute Gasteiger partial charge is 0.478 e. The Bertz CT molecular complexity index is 504. The summed E-state index contributed by atoms with van der Waals surface area (Å²) in [4.78, 5) is 24.8. The van der Waals surface area contributed by atoms with Gasteiger partial charge in [0.25, 0.3) is 0 Å². The average molecular weight is 297 g/mol. The molecule has 0 saturated carbocycles. The second-order valence-electron chi connectivity index (χ2n) is 4.38. The highest BCUT2D eigenvalue weighted by molar-refractivity contribution is 6.00. The molecule has 0 fully saturated rings. The van der Waals surface area contributed by atoms with Gasteiger partial charge in [0.2, 0.25) is 0 Å². The van der Waals surface area contributed by atoms with Gasteiger partial charge >= 0.3 is 12.0 Å². The quantitative estimate of drug-likeness (QED) is 0.719. The van der Waals surface area contributed by atoms with Crippen molar-refractivity contribution in [2.45, 2.75) is 13.8 Å². The van der Waals surface area contributed by atoms with Crippen LogP contribution < -0.4 is 10.6 Å². The van der Waals surface area contributed by atoms with Crippen molar-refractivity contribution in [3.63, 3.8) is 0 Å². The van der Waals surface area contributed by atoms with Crippen LogP contribution in [0.25, 0.3) is 0 Å². The van der Waals surface area contributed by atoms with Crippen molar-refractivity contribution in [3.05, 3.63) is 29.6 Å². The van der Waals surface area contributed by atoms with E-state index in [1.54, 1.807) is 0 Å². The van der Waals surface area contributed by atoms with Gasteiger partial charge < -0.3 is 20.6 Å². The molecule has 3 N–H and O–H groups in total. The Morgan fingerprint density at radius 3 is 2.52 bits per heavy atom. The molecule has 116 valence electrons. The van der Waals surface area contributed by atoms with Gasteiger partial charge in [0, 0.05) is 13.1 Å². The number of rotatable bonds is 7. The highest BCUT2D eigenvalue weighted by Gasteiger charge is 2.17. The molecule has 0 spiro atoms. The lowest BCUT2D eigenvalue weighted by Crippen LogP contribution is -2.37. The second kappa shape index (κ2) is 8.21. The fourth-order valence-corrected chi connectivity index (χ4v) is 1.88. The summed E-state index contributed by atoms with van der Waals surface area (Å²) >= 11 is 0. The van der Waals surface area contributed by atoms with Crippen LogP contribution in [0.2, 0.25) is 0 Å². The first-order chi connectivity index (χ1) is 9.99. The van der Waals surface area contributed by atoms with E-state index in [9.17, 15) is 14.0 Å². The van der Waals surface area contributed by atoms with E-state index in [2.05, 4.69) is 15.5 Å². The number of hydrogen-bond donors (Lipinski definition) is 3. The lowest BCUT2D eigenvalue weighted by molar-refractivity contribution is 0.0693. The van der Waals surface area contributed by atoms with Crippen LogP contribution in [-0.2, 0) is 0 Å². The summed E-state index contributed by atoms with van der Waals surface area (Å²) in [5.41, 5.74) is -0.612. The Labute approximate surface area is 122 Å². The maximum Gasteiger partial charge on any atom is 0.340 e. The molecule has 0 aliphatic rings. The van der Waals surface area contributed by atoms with E-state index < -0.39 is 23.4 Å². The summed E-state index contributed by atoms with van der Waals surface area (Å²) in [7, 11) is 0. The highest BCUT2D eigenvalue weighted by atomic mass is 19.1. The van der Waals surface area contributed by atoms with Gasteiger partial charge in [0.1, 0.15) is 11.4 Å². The van der Waals surface area contributed by atoms with Crippen molar-refractivity contribution in [1.29, 1.82) is 0 Å². The zero-order valence-electron chi connectivity index (χ0n) is 12.1. The standard InChI is InChI=1S/C14H20FN3O3/c1-3-18(4-2)9-8-16-14(21)17-11-7-5-6-10(15)12(11)13(19)20/h5-7H,3-4,8-9H2,1-2H3,(H,19,20)(H2,16,17,21). The summed E-state index contributed by atoms with van der Waals surface area (Å²) in [6, 6.07) is 3.16. The van der Waals surface area contributed by atoms with E-state index in [1.165, 1.54) is 12.1 Å². The Hall–Kier alpha value is -2.15. The van der Waals surface area contributed by atoms with Gasteiger partial charge in [-0.05, 0) is 25.2 Å². The van der Waals surface area contributed by atoms with Gasteiger partial charge in [-0.1, -0.05) is 19.9 Å². The molecule has 0 heterocycles. The van der Waals surface area contributed by atoms with Crippen LogP contribution in [0.15, 0.2) is 18.2 Å². The number of nitrogens with zero attached hydrogens (tertiary/aromatic N) is 1. The summed E-state index contributed by atoms with van der Waals surface area (Å²) in [5.74, 6) is -2.31. The summed E-state index contributed by atoms with van der Waals surface area (Å²) in [6.45, 7) is 6.92. The fourth-order valence-electron chi connectivity index (χ4n) is 1.88. The van der Waals surface area contributed by atoms with Crippen molar-refractivity contribution in [3.8, 4) is 0 Å². The minimum Gasteiger partial charge on any atom is -0.478 e. The van der Waals surface area contributed by atoms with Gasteiger partial charge in [0.15, 0.2) is 0 Å². The summed E-state index contributed by atoms with van der Waals surface area (Å²) in [5, 5.41) is 13.9. The first-order valence-electron chi connectivity index (χ1n) is 6.78. The van der Waals surface area contributed by atoms with E-state index in [1.807, 2.05) is 13.8 Å². The van der Waals surface area contributed by atoms with Crippen LogP contribution in [-0.4, -0.2) is 48.2 Å². The minimum absolute atomic E-state index is 0.0668. The summed E-state index contributed by atoms with van der Waals surface area (Å²) < 4.78 is 13.4. The normalized spacial score (nSPS) is 10.5. The number of carboxylic acids is 1. The molecule has 1 aromatic rings. The fraction of sp³-hybridized carbons (Fsp3) is 0.429. The molecule has 7 heteroatoms. The SMILES string of the molecule is CCN(CC)CCNC(=O)Nc1cccc(F)c1C(=O)O. The van der Waals surface area contributed by atoms with Crippen LogP contribution in [0.1, 0.15) is 24.2 Å². The summed E-state index contributed by atoms with van der Waals surface area (Å²) in [6.07, 6.45) is 0. The Balaban J connectivity index is 2.60. The zero-order chi connectivity index (χ0) is 15.8. The Morgan fingerprint density at radius 1 is 1.29 bits per heavy atom. The maximum atomic E-state index is 13.4. The number of likely N-dealkylation sites (N-methyl/N-ethyl adjacent to an activating group) is 1. The van der Waals surface area contributed by atoms with E-state index in [-0.39, 0.29) is 5.69 Å². The third-order valence-corrected chi connectivity index (χ3v) is 3.08. The molecule has 0 atom stereocenters. The first-order valence-corrected chi connectivity index (χ1v) is 6.78. The number of urea groups is 1. The maximum absolute atomic E-state index is 13.4. The molecule has 0 unspecified atom stereocenters. The van der Waals surface area contributed by atoms with Crippen molar-refractivity contribution in [2.75, 3.05) is 31.5 Å². The first kappa shape index (κ1) is 16.9. The number of hydrogen-bond acceptors (Lipinski definition) is 3. The molecule has 0 aliphatic carbocycles. The molecule has 21 heavy (non-hydrogen) atoms. The number of aromatic carboxylic acids is 1. The molecule has 6 nitrogen and oxygen atoms in total. The predicted molar refractivity (Wildman–Crippen MR) is 78.2 cm³/mol. The van der Waals surface area contributed by atoms with E-state index >= 15 is 0 Å². The van der Waals surface area contributed by atoms with Crippen LogP contribution in [0.5, 0.6) is 0 Å². The third-order valence-electron chi connectivity index (χ3n) is 3.08. The van der Waals surface area contributed by atoms with Gasteiger partial charge in [-0.2, -0.15) is 0 Å². The smallest absolute Gasteiger partial charge is 0.340 e. The number of carbonyl (C=O) groups excluding carboxylic acids is 1. The van der Waals surface area contributed by atoms with Crippen molar-refractivity contribution >= 4 is 17.7 Å². The van der Waals surface area contributed by atoms with E-state index in [4.69, 9.17) is 5.11 Å². The van der Waals surface area contributed by atoms with Crippen LogP contribution in [0.3, 0.4) is 0 Å². The Kier molecular flexibility index (Phi) is 6.61. The molecule has 1 rings (SSSR count). The van der Waals surface area contributed by atoms with E-state index in [0.29, 0.717) is 13.1 Å². The topological polar surface area (TPSA) is 81.7 Å². The van der Waals surface area contributed by atoms with Crippen LogP contribution in [0.4, 0.5) is 14.9 Å². The molecule has 0 aromatic heterocycles. The second-order valence-corrected chi connectivity index (χ2v) is 4.38. The molecule has 0 radical (unpaired) electrons. The lowest BCUT2D eigenvalue weighted by Gasteiger charge is -2.18. The number of halogens is 1. The predicted octanol–water partition coefficient (Wildman–Crippen LogP) is 1.99. The van der Waals surface area contributed by atoms with Crippen molar-refractivity contribution < 1.29 is 19.1 Å². The van der Waals surface area contributed by atoms with Gasteiger partial charge in [0.05, 0.1) is 5.69 Å². The molecule has 0 bridgehead atoms. The zero-order valence-corrected chi connectivity index (χ0v) is 12.1. The van der Waals surface area contributed by atoms with Crippen molar-refractivity contribution in [1.82, 2.24) is 10.2 Å². The number of anilines is 1. The van der Waals surface area contributed by atoms with E-state index in [0.717, 1.165) is 19.2 Å². The monoisotopic (exact) mass is 297 g/mol.